The first-order chi connectivity index (χ1) is 12.6. The maximum atomic E-state index is 12.8. The van der Waals surface area contributed by atoms with Crippen molar-refractivity contribution in [3.63, 3.8) is 0 Å². The molecule has 2 N–H and O–H groups in total. The molecule has 9 heteroatoms. The molecule has 1 atom stereocenters. The van der Waals surface area contributed by atoms with Gasteiger partial charge in [-0.25, -0.2) is 9.78 Å². The molecule has 2 aromatic rings. The van der Waals surface area contributed by atoms with Crippen LogP contribution in [0.3, 0.4) is 0 Å². The Balaban J connectivity index is 2.08. The molecule has 0 spiro atoms. The molecule has 5 nitrogen and oxygen atoms in total. The van der Waals surface area contributed by atoms with E-state index in [1.807, 2.05) is 13.8 Å². The first-order valence-electron chi connectivity index (χ1n) is 8.20. The van der Waals surface area contributed by atoms with Gasteiger partial charge in [-0.05, 0) is 24.5 Å². The lowest BCUT2D eigenvalue weighted by molar-refractivity contribution is -0.142. The Bertz CT molecular complexity index is 818. The molecule has 0 aliphatic heterocycles. The van der Waals surface area contributed by atoms with E-state index >= 15 is 0 Å². The molecule has 0 saturated heterocycles. The van der Waals surface area contributed by atoms with E-state index in [0.29, 0.717) is 22.7 Å². The summed E-state index contributed by atoms with van der Waals surface area (Å²) in [6.07, 6.45) is -4.29. The summed E-state index contributed by atoms with van der Waals surface area (Å²) in [7, 11) is 0. The lowest BCUT2D eigenvalue weighted by Crippen LogP contribution is -2.42. The number of alkyl halides is 3. The average molecular weight is 400 g/mol. The van der Waals surface area contributed by atoms with Crippen LogP contribution in [0.15, 0.2) is 29.6 Å². The fourth-order valence-electron chi connectivity index (χ4n) is 2.45. The molecule has 2 rings (SSSR count). The maximum Gasteiger partial charge on any atom is 0.416 e. The van der Waals surface area contributed by atoms with Crippen molar-refractivity contribution < 1.29 is 27.9 Å². The Kier molecular flexibility index (Phi) is 6.59. The molecule has 0 aliphatic carbocycles. The Labute approximate surface area is 158 Å². The van der Waals surface area contributed by atoms with Crippen molar-refractivity contribution in [3.05, 3.63) is 40.9 Å². The average Bonchev–Trinajstić information content (AvgIpc) is 3.01. The quantitative estimate of drug-likeness (QED) is 0.737. The second kappa shape index (κ2) is 8.51. The van der Waals surface area contributed by atoms with E-state index in [9.17, 15) is 22.8 Å². The van der Waals surface area contributed by atoms with Crippen LogP contribution >= 0.6 is 11.3 Å². The number of carbonyl (C=O) groups is 2. The van der Waals surface area contributed by atoms with Gasteiger partial charge in [-0.2, -0.15) is 13.2 Å². The summed E-state index contributed by atoms with van der Waals surface area (Å²) in [5.41, 5.74) is -0.0872. The van der Waals surface area contributed by atoms with Crippen molar-refractivity contribution in [2.45, 2.75) is 38.9 Å². The van der Waals surface area contributed by atoms with Crippen molar-refractivity contribution in [2.75, 3.05) is 0 Å². The number of aliphatic carboxylic acids is 1. The third kappa shape index (κ3) is 6.06. The van der Waals surface area contributed by atoms with E-state index in [1.54, 1.807) is 5.38 Å². The van der Waals surface area contributed by atoms with Crippen LogP contribution in [0.4, 0.5) is 13.2 Å². The third-order valence-corrected chi connectivity index (χ3v) is 4.61. The van der Waals surface area contributed by atoms with Gasteiger partial charge in [0, 0.05) is 10.9 Å². The van der Waals surface area contributed by atoms with Gasteiger partial charge in [-0.1, -0.05) is 26.0 Å². The smallest absolute Gasteiger partial charge is 0.416 e. The van der Waals surface area contributed by atoms with Crippen molar-refractivity contribution in [1.29, 1.82) is 0 Å². The number of amides is 1. The van der Waals surface area contributed by atoms with Crippen molar-refractivity contribution in [2.24, 2.45) is 5.92 Å². The molecule has 0 unspecified atom stereocenters. The number of rotatable bonds is 7. The summed E-state index contributed by atoms with van der Waals surface area (Å²) >= 11 is 1.13. The molecule has 1 aromatic carbocycles. The number of aromatic nitrogens is 1. The SMILES string of the molecule is CC(C)C[C@@H](NC(=O)Cc1csc(-c2cccc(C(F)(F)F)c2)n1)C(=O)O. The van der Waals surface area contributed by atoms with Gasteiger partial charge in [0.1, 0.15) is 11.0 Å². The number of carboxylic acid groups (broad SMARTS) is 1. The highest BCUT2D eigenvalue weighted by molar-refractivity contribution is 7.13. The second-order valence-electron chi connectivity index (χ2n) is 6.49. The minimum absolute atomic E-state index is 0.0955. The van der Waals surface area contributed by atoms with E-state index in [0.717, 1.165) is 23.5 Å². The number of carbonyl (C=O) groups excluding carboxylic acids is 1. The van der Waals surface area contributed by atoms with Gasteiger partial charge in [0.2, 0.25) is 5.91 Å². The monoisotopic (exact) mass is 400 g/mol. The van der Waals surface area contributed by atoms with Crippen LogP contribution in [0.25, 0.3) is 10.6 Å². The molecule has 146 valence electrons. The number of carboxylic acids is 1. The maximum absolute atomic E-state index is 12.8. The van der Waals surface area contributed by atoms with Crippen molar-refractivity contribution in [1.82, 2.24) is 10.3 Å². The minimum Gasteiger partial charge on any atom is -0.480 e. The molecule has 0 fully saturated rings. The molecule has 0 bridgehead atoms. The van der Waals surface area contributed by atoms with Crippen LogP contribution < -0.4 is 5.32 Å². The van der Waals surface area contributed by atoms with Gasteiger partial charge in [-0.15, -0.1) is 11.3 Å². The summed E-state index contributed by atoms with van der Waals surface area (Å²) in [6.45, 7) is 3.70. The van der Waals surface area contributed by atoms with Gasteiger partial charge in [0.25, 0.3) is 0 Å². The number of benzene rings is 1. The fraction of sp³-hybridized carbons (Fsp3) is 0.389. The van der Waals surface area contributed by atoms with E-state index in [4.69, 9.17) is 5.11 Å². The lowest BCUT2D eigenvalue weighted by Gasteiger charge is -2.16. The number of thiazole rings is 1. The summed E-state index contributed by atoms with van der Waals surface area (Å²) < 4.78 is 38.5. The predicted octanol–water partition coefficient (Wildman–Crippen LogP) is 3.99. The van der Waals surface area contributed by atoms with E-state index < -0.39 is 29.7 Å². The van der Waals surface area contributed by atoms with E-state index in [2.05, 4.69) is 10.3 Å². The Morgan fingerprint density at radius 1 is 1.30 bits per heavy atom. The minimum atomic E-state index is -4.45. The van der Waals surface area contributed by atoms with Crippen LogP contribution in [0.1, 0.15) is 31.5 Å². The molecule has 1 heterocycles. The van der Waals surface area contributed by atoms with Crippen molar-refractivity contribution >= 4 is 23.2 Å². The highest BCUT2D eigenvalue weighted by Crippen LogP contribution is 2.33. The zero-order chi connectivity index (χ0) is 20.2. The fourth-order valence-corrected chi connectivity index (χ4v) is 3.27. The number of nitrogens with one attached hydrogen (secondary N) is 1. The summed E-state index contributed by atoms with van der Waals surface area (Å²) in [6, 6.07) is 3.81. The number of nitrogens with zero attached hydrogens (tertiary/aromatic N) is 1. The standard InChI is InChI=1S/C18H19F3N2O3S/c1-10(2)6-14(17(25)26)23-15(24)8-13-9-27-16(22-13)11-4-3-5-12(7-11)18(19,20)21/h3-5,7,9-10,14H,6,8H2,1-2H3,(H,23,24)(H,25,26)/t14-/m1/s1. The number of hydrogen-bond donors (Lipinski definition) is 2. The molecule has 0 saturated carbocycles. The van der Waals surface area contributed by atoms with Crippen molar-refractivity contribution in [3.8, 4) is 10.6 Å². The van der Waals surface area contributed by atoms with Crippen LogP contribution in [-0.2, 0) is 22.2 Å². The summed E-state index contributed by atoms with van der Waals surface area (Å²) in [4.78, 5) is 27.5. The van der Waals surface area contributed by atoms with Gasteiger partial charge >= 0.3 is 12.1 Å². The van der Waals surface area contributed by atoms with E-state index in [-0.39, 0.29) is 12.3 Å². The predicted molar refractivity (Wildman–Crippen MR) is 95.3 cm³/mol. The summed E-state index contributed by atoms with van der Waals surface area (Å²) in [5, 5.41) is 13.6. The first kappa shape index (κ1) is 20.9. The Hall–Kier alpha value is -2.42. The molecular formula is C18H19F3N2O3S. The first-order valence-corrected chi connectivity index (χ1v) is 9.08. The largest absolute Gasteiger partial charge is 0.480 e. The normalized spacial score (nSPS) is 12.8. The van der Waals surface area contributed by atoms with Crippen LogP contribution in [0, 0.1) is 5.92 Å². The number of halogens is 3. The van der Waals surface area contributed by atoms with Gasteiger partial charge in [0.15, 0.2) is 0 Å². The van der Waals surface area contributed by atoms with Gasteiger partial charge < -0.3 is 10.4 Å². The van der Waals surface area contributed by atoms with Gasteiger partial charge in [0.05, 0.1) is 17.7 Å². The number of hydrogen-bond acceptors (Lipinski definition) is 4. The molecule has 27 heavy (non-hydrogen) atoms. The Morgan fingerprint density at radius 3 is 2.59 bits per heavy atom. The second-order valence-corrected chi connectivity index (χ2v) is 7.35. The zero-order valence-electron chi connectivity index (χ0n) is 14.7. The summed E-state index contributed by atoms with van der Waals surface area (Å²) in [5.74, 6) is -1.51. The molecule has 0 aliphatic rings. The Morgan fingerprint density at radius 2 is 2.00 bits per heavy atom. The van der Waals surface area contributed by atoms with Crippen LogP contribution in [-0.4, -0.2) is 28.0 Å². The zero-order valence-corrected chi connectivity index (χ0v) is 15.5. The van der Waals surface area contributed by atoms with Crippen LogP contribution in [0.5, 0.6) is 0 Å². The third-order valence-electron chi connectivity index (χ3n) is 3.67. The highest BCUT2D eigenvalue weighted by Gasteiger charge is 2.30. The topological polar surface area (TPSA) is 79.3 Å². The molecule has 0 radical (unpaired) electrons. The molecular weight excluding hydrogens is 381 g/mol. The van der Waals surface area contributed by atoms with Gasteiger partial charge in [-0.3, -0.25) is 4.79 Å². The highest BCUT2D eigenvalue weighted by atomic mass is 32.1. The molecule has 1 aromatic heterocycles. The lowest BCUT2D eigenvalue weighted by atomic mass is 10.0. The van der Waals surface area contributed by atoms with E-state index in [1.165, 1.54) is 12.1 Å². The molecule has 1 amide bonds. The van der Waals surface area contributed by atoms with Crippen LogP contribution in [0.2, 0.25) is 0 Å².